The number of nitrogens with one attached hydrogen (secondary N) is 1. The summed E-state index contributed by atoms with van der Waals surface area (Å²) in [6, 6.07) is -0.461. The van der Waals surface area contributed by atoms with E-state index < -0.39 is 18.3 Å². The van der Waals surface area contributed by atoms with E-state index in [0.717, 1.165) is 0 Å². The van der Waals surface area contributed by atoms with Crippen LogP contribution < -0.4 is 5.32 Å². The van der Waals surface area contributed by atoms with Gasteiger partial charge < -0.3 is 10.2 Å². The summed E-state index contributed by atoms with van der Waals surface area (Å²) in [6.07, 6.45) is 0.892. The van der Waals surface area contributed by atoms with Crippen LogP contribution in [0.25, 0.3) is 0 Å². The minimum atomic E-state index is -0.888. The van der Waals surface area contributed by atoms with Crippen molar-refractivity contribution < 1.29 is 14.0 Å². The first-order valence-electron chi connectivity index (χ1n) is 6.48. The van der Waals surface area contributed by atoms with E-state index in [1.807, 2.05) is 13.8 Å². The lowest BCUT2D eigenvalue weighted by atomic mass is 9.92. The van der Waals surface area contributed by atoms with Crippen molar-refractivity contribution in [3.05, 3.63) is 0 Å². The maximum atomic E-state index is 12.3. The van der Waals surface area contributed by atoms with Crippen molar-refractivity contribution in [1.29, 1.82) is 0 Å². The van der Waals surface area contributed by atoms with Crippen LogP contribution in [-0.4, -0.2) is 41.5 Å². The molecule has 4 nitrogen and oxygen atoms in total. The van der Waals surface area contributed by atoms with Crippen LogP contribution in [0.5, 0.6) is 0 Å². The van der Waals surface area contributed by atoms with E-state index in [-0.39, 0.29) is 18.2 Å². The highest BCUT2D eigenvalue weighted by atomic mass is 19.1. The number of nitrogens with zero attached hydrogens (tertiary/aromatic N) is 1. The predicted molar refractivity (Wildman–Crippen MR) is 67.8 cm³/mol. The van der Waals surface area contributed by atoms with Gasteiger partial charge in [0.25, 0.3) is 0 Å². The van der Waals surface area contributed by atoms with Gasteiger partial charge in [-0.3, -0.25) is 14.0 Å². The van der Waals surface area contributed by atoms with E-state index in [1.165, 1.54) is 0 Å². The first kappa shape index (κ1) is 14.9. The third kappa shape index (κ3) is 3.21. The van der Waals surface area contributed by atoms with Gasteiger partial charge in [0.05, 0.1) is 6.67 Å². The molecule has 0 saturated carbocycles. The molecular formula is C13H23FN2O2. The summed E-state index contributed by atoms with van der Waals surface area (Å²) in [7, 11) is 0. The van der Waals surface area contributed by atoms with Gasteiger partial charge in [0.2, 0.25) is 11.8 Å². The number of rotatable bonds is 5. The first-order valence-corrected chi connectivity index (χ1v) is 6.48. The Morgan fingerprint density at radius 2 is 2.00 bits per heavy atom. The Hall–Kier alpha value is -1.13. The van der Waals surface area contributed by atoms with Crippen LogP contribution in [0.15, 0.2) is 0 Å². The van der Waals surface area contributed by atoms with Gasteiger partial charge in [0.1, 0.15) is 11.6 Å². The van der Waals surface area contributed by atoms with E-state index in [4.69, 9.17) is 0 Å². The average Bonchev–Trinajstić information content (AvgIpc) is 2.24. The molecule has 0 bridgehead atoms. The molecule has 0 aromatic carbocycles. The van der Waals surface area contributed by atoms with Crippen molar-refractivity contribution >= 4 is 11.8 Å². The van der Waals surface area contributed by atoms with Gasteiger partial charge in [-0.2, -0.15) is 0 Å². The smallest absolute Gasteiger partial charge is 0.248 e. The molecule has 1 heterocycles. The minimum Gasteiger partial charge on any atom is -0.340 e. The standard InChI is InChI=1S/C13H23FN2O2/c1-9(2)8-10-11(17)15-13(3,4)12(18)16(10)7-5-6-14/h9-10H,5-8H2,1-4H3,(H,15,17). The Kier molecular flexibility index (Phi) is 4.71. The molecule has 104 valence electrons. The number of halogens is 1. The van der Waals surface area contributed by atoms with Crippen molar-refractivity contribution in [3.63, 3.8) is 0 Å². The summed E-state index contributed by atoms with van der Waals surface area (Å²) >= 11 is 0. The molecule has 0 radical (unpaired) electrons. The highest BCUT2D eigenvalue weighted by Crippen LogP contribution is 2.22. The predicted octanol–water partition coefficient (Wildman–Crippen LogP) is 1.50. The van der Waals surface area contributed by atoms with Crippen LogP contribution in [0.4, 0.5) is 4.39 Å². The Bertz CT molecular complexity index is 329. The molecule has 1 aliphatic heterocycles. The molecule has 0 aromatic rings. The topological polar surface area (TPSA) is 49.4 Å². The Morgan fingerprint density at radius 1 is 1.39 bits per heavy atom. The summed E-state index contributed by atoms with van der Waals surface area (Å²) < 4.78 is 12.3. The van der Waals surface area contributed by atoms with Crippen LogP contribution >= 0.6 is 0 Å². The molecule has 18 heavy (non-hydrogen) atoms. The van der Waals surface area contributed by atoms with Crippen LogP contribution in [0.2, 0.25) is 0 Å². The molecule has 1 rings (SSSR count). The number of carbonyl (C=O) groups excluding carboxylic acids is 2. The molecule has 0 aliphatic carbocycles. The first-order chi connectivity index (χ1) is 8.29. The van der Waals surface area contributed by atoms with Crippen LogP contribution in [0.1, 0.15) is 40.5 Å². The molecule has 2 amide bonds. The molecule has 1 saturated heterocycles. The third-order valence-electron chi connectivity index (χ3n) is 3.14. The highest BCUT2D eigenvalue weighted by Gasteiger charge is 2.44. The fourth-order valence-electron chi connectivity index (χ4n) is 2.26. The van der Waals surface area contributed by atoms with E-state index >= 15 is 0 Å². The van der Waals surface area contributed by atoms with Gasteiger partial charge in [-0.25, -0.2) is 0 Å². The second kappa shape index (κ2) is 5.67. The van der Waals surface area contributed by atoms with E-state index in [0.29, 0.717) is 18.9 Å². The van der Waals surface area contributed by atoms with Gasteiger partial charge in [-0.1, -0.05) is 13.8 Å². The second-order valence-electron chi connectivity index (χ2n) is 5.80. The largest absolute Gasteiger partial charge is 0.340 e. The van der Waals surface area contributed by atoms with E-state index in [2.05, 4.69) is 5.32 Å². The van der Waals surface area contributed by atoms with Crippen molar-refractivity contribution in [2.45, 2.75) is 52.1 Å². The number of carbonyl (C=O) groups is 2. The Balaban J connectivity index is 2.91. The fourth-order valence-corrected chi connectivity index (χ4v) is 2.26. The molecule has 1 fully saturated rings. The lowest BCUT2D eigenvalue weighted by molar-refractivity contribution is -0.154. The number of piperazine rings is 1. The maximum Gasteiger partial charge on any atom is 0.248 e. The fraction of sp³-hybridized carbons (Fsp3) is 0.846. The Labute approximate surface area is 108 Å². The average molecular weight is 258 g/mol. The number of hydrogen-bond donors (Lipinski definition) is 1. The van der Waals surface area contributed by atoms with Crippen molar-refractivity contribution in [2.75, 3.05) is 13.2 Å². The van der Waals surface area contributed by atoms with Gasteiger partial charge in [-0.15, -0.1) is 0 Å². The van der Waals surface area contributed by atoms with Gasteiger partial charge in [-0.05, 0) is 32.6 Å². The quantitative estimate of drug-likeness (QED) is 0.812. The lowest BCUT2D eigenvalue weighted by Crippen LogP contribution is -2.68. The molecule has 1 unspecified atom stereocenters. The maximum absolute atomic E-state index is 12.3. The molecule has 5 heteroatoms. The normalized spacial score (nSPS) is 23.4. The molecule has 1 aliphatic rings. The van der Waals surface area contributed by atoms with Crippen LogP contribution in [-0.2, 0) is 9.59 Å². The summed E-state index contributed by atoms with van der Waals surface area (Å²) in [4.78, 5) is 25.9. The van der Waals surface area contributed by atoms with Crippen LogP contribution in [0, 0.1) is 5.92 Å². The van der Waals surface area contributed by atoms with Gasteiger partial charge >= 0.3 is 0 Å². The summed E-state index contributed by atoms with van der Waals surface area (Å²) in [5, 5.41) is 2.74. The molecule has 0 spiro atoms. The summed E-state index contributed by atoms with van der Waals surface area (Å²) in [6.45, 7) is 7.21. The Morgan fingerprint density at radius 3 is 2.50 bits per heavy atom. The zero-order valence-corrected chi connectivity index (χ0v) is 11.6. The molecule has 1 N–H and O–H groups in total. The summed E-state index contributed by atoms with van der Waals surface area (Å²) in [5.41, 5.74) is -0.888. The number of hydrogen-bond acceptors (Lipinski definition) is 2. The van der Waals surface area contributed by atoms with Crippen molar-refractivity contribution in [3.8, 4) is 0 Å². The lowest BCUT2D eigenvalue weighted by Gasteiger charge is -2.43. The van der Waals surface area contributed by atoms with Crippen molar-refractivity contribution in [1.82, 2.24) is 10.2 Å². The SMILES string of the molecule is CC(C)CC1C(=O)NC(C)(C)C(=O)N1CCCF. The molecule has 1 atom stereocenters. The monoisotopic (exact) mass is 258 g/mol. The van der Waals surface area contributed by atoms with E-state index in [9.17, 15) is 14.0 Å². The third-order valence-corrected chi connectivity index (χ3v) is 3.14. The zero-order valence-electron chi connectivity index (χ0n) is 11.6. The van der Waals surface area contributed by atoms with Gasteiger partial charge in [0, 0.05) is 6.54 Å². The summed E-state index contributed by atoms with van der Waals surface area (Å²) in [5.74, 6) is 0.0518. The highest BCUT2D eigenvalue weighted by molar-refractivity contribution is 5.99. The number of amides is 2. The van der Waals surface area contributed by atoms with E-state index in [1.54, 1.807) is 18.7 Å². The van der Waals surface area contributed by atoms with Crippen LogP contribution in [0.3, 0.4) is 0 Å². The minimum absolute atomic E-state index is 0.124. The zero-order chi connectivity index (χ0) is 13.9. The molecule has 0 aromatic heterocycles. The number of alkyl halides is 1. The molecular weight excluding hydrogens is 235 g/mol. The van der Waals surface area contributed by atoms with Crippen molar-refractivity contribution in [2.24, 2.45) is 5.92 Å². The second-order valence-corrected chi connectivity index (χ2v) is 5.80. The van der Waals surface area contributed by atoms with Gasteiger partial charge in [0.15, 0.2) is 0 Å².